The molecule has 1 aliphatic rings. The molecule has 0 saturated heterocycles. The van der Waals surface area contributed by atoms with Crippen LogP contribution in [-0.4, -0.2) is 27.6 Å². The van der Waals surface area contributed by atoms with E-state index in [-0.39, 0.29) is 0 Å². The summed E-state index contributed by atoms with van der Waals surface area (Å²) in [6.45, 7) is 5.63. The Morgan fingerprint density at radius 3 is 2.80 bits per heavy atom. The maximum Gasteiger partial charge on any atom is 0.0727 e. The summed E-state index contributed by atoms with van der Waals surface area (Å²) >= 11 is 0. The minimum absolute atomic E-state index is 0.510. The summed E-state index contributed by atoms with van der Waals surface area (Å²) < 4.78 is 1.87. The Morgan fingerprint density at radius 2 is 2.27 bits per heavy atom. The number of hydrogen-bond donors (Lipinski definition) is 1. The molecule has 1 fully saturated rings. The fraction of sp³-hybridized carbons (Fsp3) is 0.818. The Bertz CT molecular complexity index is 316. The topological polar surface area (TPSA) is 42.7 Å². The number of aromatic nitrogens is 3. The molecule has 1 aromatic heterocycles. The summed E-state index contributed by atoms with van der Waals surface area (Å²) in [7, 11) is 1.96. The first-order valence-corrected chi connectivity index (χ1v) is 5.76. The summed E-state index contributed by atoms with van der Waals surface area (Å²) in [5.41, 5.74) is 1.22. The minimum atomic E-state index is 0.510. The second-order valence-electron chi connectivity index (χ2n) is 4.73. The first kappa shape index (κ1) is 10.6. The molecular weight excluding hydrogens is 188 g/mol. The largest absolute Gasteiger partial charge is 0.314 e. The lowest BCUT2D eigenvalue weighted by Gasteiger charge is -2.19. The van der Waals surface area contributed by atoms with Crippen molar-refractivity contribution in [2.24, 2.45) is 13.0 Å². The van der Waals surface area contributed by atoms with Gasteiger partial charge < -0.3 is 5.32 Å². The fourth-order valence-electron chi connectivity index (χ4n) is 1.82. The van der Waals surface area contributed by atoms with Gasteiger partial charge in [-0.2, -0.15) is 0 Å². The van der Waals surface area contributed by atoms with E-state index in [1.807, 2.05) is 17.9 Å². The molecule has 0 spiro atoms. The molecule has 4 nitrogen and oxygen atoms in total. The smallest absolute Gasteiger partial charge is 0.0727 e. The molecule has 1 saturated carbocycles. The van der Waals surface area contributed by atoms with Crippen LogP contribution in [-0.2, 0) is 7.05 Å². The maximum absolute atomic E-state index is 3.97. The van der Waals surface area contributed by atoms with E-state index in [1.165, 1.54) is 18.5 Å². The highest BCUT2D eigenvalue weighted by Gasteiger charge is 2.23. The summed E-state index contributed by atoms with van der Waals surface area (Å²) in [6.07, 6.45) is 4.58. The van der Waals surface area contributed by atoms with E-state index in [0.717, 1.165) is 12.6 Å². The third-order valence-corrected chi connectivity index (χ3v) is 3.38. The van der Waals surface area contributed by atoms with Crippen LogP contribution in [0, 0.1) is 5.92 Å². The van der Waals surface area contributed by atoms with Crippen LogP contribution in [0.4, 0.5) is 0 Å². The van der Waals surface area contributed by atoms with Gasteiger partial charge >= 0.3 is 0 Å². The third kappa shape index (κ3) is 2.56. The van der Waals surface area contributed by atoms with E-state index in [4.69, 9.17) is 0 Å². The van der Waals surface area contributed by atoms with Crippen LogP contribution in [0.2, 0.25) is 0 Å². The predicted molar refractivity (Wildman–Crippen MR) is 59.6 cm³/mol. The van der Waals surface area contributed by atoms with Crippen LogP contribution >= 0.6 is 0 Å². The normalized spacial score (nSPS) is 20.2. The first-order chi connectivity index (χ1) is 7.18. The molecule has 15 heavy (non-hydrogen) atoms. The summed E-state index contributed by atoms with van der Waals surface area (Å²) in [4.78, 5) is 0. The summed E-state index contributed by atoms with van der Waals surface area (Å²) in [6, 6.07) is 0.796. The number of aryl methyl sites for hydroxylation is 1. The van der Waals surface area contributed by atoms with Crippen molar-refractivity contribution >= 4 is 0 Å². The van der Waals surface area contributed by atoms with Crippen LogP contribution in [0.1, 0.15) is 38.3 Å². The van der Waals surface area contributed by atoms with Crippen molar-refractivity contribution in [3.8, 4) is 0 Å². The Kier molecular flexibility index (Phi) is 3.05. The lowest BCUT2D eigenvalue weighted by molar-refractivity contribution is 0.428. The zero-order valence-corrected chi connectivity index (χ0v) is 9.77. The molecule has 0 aromatic carbocycles. The van der Waals surface area contributed by atoms with E-state index < -0.39 is 0 Å². The fourth-order valence-corrected chi connectivity index (χ4v) is 1.82. The lowest BCUT2D eigenvalue weighted by atomic mass is 9.93. The average Bonchev–Trinajstić information content (AvgIpc) is 2.96. The molecule has 2 atom stereocenters. The zero-order valence-electron chi connectivity index (χ0n) is 9.77. The van der Waals surface area contributed by atoms with Crippen LogP contribution in [0.25, 0.3) is 0 Å². The number of nitrogens with zero attached hydrogens (tertiary/aromatic N) is 3. The van der Waals surface area contributed by atoms with E-state index in [9.17, 15) is 0 Å². The Balaban J connectivity index is 1.88. The van der Waals surface area contributed by atoms with Gasteiger partial charge in [0.1, 0.15) is 0 Å². The van der Waals surface area contributed by atoms with Gasteiger partial charge in [-0.25, -0.2) is 0 Å². The molecule has 1 aliphatic carbocycles. The number of hydrogen-bond acceptors (Lipinski definition) is 3. The van der Waals surface area contributed by atoms with Crippen molar-refractivity contribution in [3.05, 3.63) is 11.9 Å². The molecule has 4 heteroatoms. The van der Waals surface area contributed by atoms with Gasteiger partial charge in [0.05, 0.1) is 11.9 Å². The molecule has 0 aliphatic heterocycles. The molecule has 84 valence electrons. The van der Waals surface area contributed by atoms with E-state index in [1.54, 1.807) is 0 Å². The lowest BCUT2D eigenvalue weighted by Crippen LogP contribution is -2.26. The van der Waals surface area contributed by atoms with Crippen molar-refractivity contribution < 1.29 is 0 Å². The molecular formula is C11H20N4. The molecule has 0 bridgehead atoms. The van der Waals surface area contributed by atoms with Crippen molar-refractivity contribution in [3.63, 3.8) is 0 Å². The van der Waals surface area contributed by atoms with Gasteiger partial charge in [0.2, 0.25) is 0 Å². The van der Waals surface area contributed by atoms with Gasteiger partial charge in [-0.3, -0.25) is 4.68 Å². The highest BCUT2D eigenvalue weighted by Crippen LogP contribution is 2.24. The molecule has 1 aromatic rings. The predicted octanol–water partition coefficient (Wildman–Crippen LogP) is 1.31. The zero-order chi connectivity index (χ0) is 10.8. The molecule has 2 rings (SSSR count). The van der Waals surface area contributed by atoms with E-state index >= 15 is 0 Å². The Morgan fingerprint density at radius 1 is 1.53 bits per heavy atom. The minimum Gasteiger partial charge on any atom is -0.314 e. The van der Waals surface area contributed by atoms with Crippen molar-refractivity contribution in [1.82, 2.24) is 20.3 Å². The highest BCUT2D eigenvalue weighted by molar-refractivity contribution is 5.03. The van der Waals surface area contributed by atoms with Crippen LogP contribution in [0.3, 0.4) is 0 Å². The van der Waals surface area contributed by atoms with E-state index in [0.29, 0.717) is 11.8 Å². The molecule has 1 N–H and O–H groups in total. The van der Waals surface area contributed by atoms with Crippen LogP contribution < -0.4 is 5.32 Å². The van der Waals surface area contributed by atoms with Crippen molar-refractivity contribution in [1.29, 1.82) is 0 Å². The standard InChI is InChI=1S/C11H20N4/c1-8(6-12-10-4-5-10)9(2)11-7-13-14-15(11)3/h7-10,12H,4-6H2,1-3H3. The average molecular weight is 208 g/mol. The second kappa shape index (κ2) is 4.31. The SMILES string of the molecule is CC(CNC1CC1)C(C)c1cnnn1C. The second-order valence-corrected chi connectivity index (χ2v) is 4.73. The Labute approximate surface area is 91.1 Å². The van der Waals surface area contributed by atoms with Gasteiger partial charge in [0, 0.05) is 19.0 Å². The third-order valence-electron chi connectivity index (χ3n) is 3.38. The van der Waals surface area contributed by atoms with Crippen LogP contribution in [0.5, 0.6) is 0 Å². The van der Waals surface area contributed by atoms with Crippen molar-refractivity contribution in [2.75, 3.05) is 6.54 Å². The Hall–Kier alpha value is -0.900. The summed E-state index contributed by atoms with van der Waals surface area (Å²) in [5.74, 6) is 1.14. The molecule has 1 heterocycles. The summed E-state index contributed by atoms with van der Waals surface area (Å²) in [5, 5.41) is 11.5. The van der Waals surface area contributed by atoms with Crippen LogP contribution in [0.15, 0.2) is 6.20 Å². The first-order valence-electron chi connectivity index (χ1n) is 5.76. The van der Waals surface area contributed by atoms with E-state index in [2.05, 4.69) is 29.5 Å². The number of rotatable bonds is 5. The molecule has 0 radical (unpaired) electrons. The van der Waals surface area contributed by atoms with Gasteiger partial charge in [0.15, 0.2) is 0 Å². The van der Waals surface area contributed by atoms with Gasteiger partial charge in [-0.15, -0.1) is 5.10 Å². The quantitative estimate of drug-likeness (QED) is 0.793. The highest BCUT2D eigenvalue weighted by atomic mass is 15.4. The maximum atomic E-state index is 3.97. The number of nitrogens with one attached hydrogen (secondary N) is 1. The molecule has 0 amide bonds. The van der Waals surface area contributed by atoms with Gasteiger partial charge in [0.25, 0.3) is 0 Å². The van der Waals surface area contributed by atoms with Gasteiger partial charge in [-0.05, 0) is 25.3 Å². The molecule has 2 unspecified atom stereocenters. The van der Waals surface area contributed by atoms with Crippen molar-refractivity contribution in [2.45, 2.75) is 38.6 Å². The van der Waals surface area contributed by atoms with Gasteiger partial charge in [-0.1, -0.05) is 19.1 Å². The monoisotopic (exact) mass is 208 g/mol.